The maximum absolute atomic E-state index is 10.2. The number of hydrogen-bond donors (Lipinski definition) is 0. The van der Waals surface area contributed by atoms with Crippen LogP contribution < -0.4 is 0 Å². The molecule has 1 aliphatic carbocycles. The zero-order valence-electron chi connectivity index (χ0n) is 8.18. The van der Waals surface area contributed by atoms with Crippen molar-refractivity contribution in [1.29, 1.82) is 0 Å². The summed E-state index contributed by atoms with van der Waals surface area (Å²) in [7, 11) is 0. The molecule has 1 aliphatic rings. The van der Waals surface area contributed by atoms with Gasteiger partial charge in [-0.1, -0.05) is 13.3 Å². The second-order valence-electron chi connectivity index (χ2n) is 4.25. The van der Waals surface area contributed by atoms with Crippen LogP contribution in [0.2, 0.25) is 0 Å². The van der Waals surface area contributed by atoms with Crippen LogP contribution in [0.1, 0.15) is 46.5 Å². The maximum atomic E-state index is 10.2. The third-order valence-corrected chi connectivity index (χ3v) is 3.61. The molecule has 2 nitrogen and oxygen atoms in total. The van der Waals surface area contributed by atoms with Crippen LogP contribution in [-0.4, -0.2) is 11.6 Å². The summed E-state index contributed by atoms with van der Waals surface area (Å²) in [5.74, 6) is 0. The van der Waals surface area contributed by atoms with Gasteiger partial charge in [0.15, 0.2) is 0 Å². The lowest BCUT2D eigenvalue weighted by Crippen LogP contribution is -2.46. The lowest BCUT2D eigenvalue weighted by Gasteiger charge is -2.50. The van der Waals surface area contributed by atoms with Gasteiger partial charge in [0.05, 0.1) is 5.54 Å². The van der Waals surface area contributed by atoms with Gasteiger partial charge in [0, 0.05) is 0 Å². The first-order valence-corrected chi connectivity index (χ1v) is 4.67. The average molecular weight is 167 g/mol. The first-order valence-electron chi connectivity index (χ1n) is 4.67. The van der Waals surface area contributed by atoms with Crippen LogP contribution in [-0.2, 0) is 4.79 Å². The normalized spacial score (nSPS) is 20.9. The molecular weight excluding hydrogens is 150 g/mol. The molecule has 0 aromatic heterocycles. The molecule has 0 bridgehead atoms. The third kappa shape index (κ3) is 1.21. The van der Waals surface area contributed by atoms with Gasteiger partial charge in [-0.25, -0.2) is 4.79 Å². The van der Waals surface area contributed by atoms with Crippen molar-refractivity contribution in [3.8, 4) is 0 Å². The SMILES string of the molecule is CCC1(C(C)(C)N=C=O)CCC1. The molecule has 0 aromatic carbocycles. The number of isocyanates is 1. The minimum absolute atomic E-state index is 0.207. The summed E-state index contributed by atoms with van der Waals surface area (Å²) in [4.78, 5) is 14.1. The molecule has 1 saturated carbocycles. The van der Waals surface area contributed by atoms with E-state index in [0.717, 1.165) is 6.42 Å². The zero-order valence-corrected chi connectivity index (χ0v) is 8.18. The predicted molar refractivity (Wildman–Crippen MR) is 48.8 cm³/mol. The van der Waals surface area contributed by atoms with Crippen LogP contribution in [0.4, 0.5) is 0 Å². The summed E-state index contributed by atoms with van der Waals surface area (Å²) in [5, 5.41) is 0. The number of carbonyl (C=O) groups excluding carboxylic acids is 1. The summed E-state index contributed by atoms with van der Waals surface area (Å²) in [5.41, 5.74) is 0.0756. The van der Waals surface area contributed by atoms with Crippen molar-refractivity contribution >= 4 is 6.08 Å². The number of aliphatic imine (C=N–C) groups is 1. The molecule has 0 atom stereocenters. The van der Waals surface area contributed by atoms with Gasteiger partial charge in [0.25, 0.3) is 0 Å². The van der Waals surface area contributed by atoms with Gasteiger partial charge in [-0.2, -0.15) is 4.99 Å². The number of hydrogen-bond acceptors (Lipinski definition) is 2. The van der Waals surface area contributed by atoms with Gasteiger partial charge in [-0.15, -0.1) is 0 Å². The number of nitrogens with zero attached hydrogens (tertiary/aromatic N) is 1. The summed E-state index contributed by atoms with van der Waals surface area (Å²) >= 11 is 0. The van der Waals surface area contributed by atoms with E-state index in [0.29, 0.717) is 0 Å². The average Bonchev–Trinajstić information content (AvgIpc) is 1.84. The Morgan fingerprint density at radius 1 is 1.50 bits per heavy atom. The highest BCUT2D eigenvalue weighted by atomic mass is 16.1. The fourth-order valence-electron chi connectivity index (χ4n) is 2.23. The Kier molecular flexibility index (Phi) is 2.39. The first kappa shape index (κ1) is 9.47. The molecule has 0 aromatic rings. The van der Waals surface area contributed by atoms with Crippen LogP contribution in [0.5, 0.6) is 0 Å². The molecule has 0 radical (unpaired) electrons. The van der Waals surface area contributed by atoms with Gasteiger partial charge in [-0.05, 0) is 38.5 Å². The fraction of sp³-hybridized carbons (Fsp3) is 0.900. The molecule has 0 heterocycles. The quantitative estimate of drug-likeness (QED) is 0.469. The van der Waals surface area contributed by atoms with Gasteiger partial charge < -0.3 is 0 Å². The summed E-state index contributed by atoms with van der Waals surface area (Å²) in [6, 6.07) is 0. The second-order valence-corrected chi connectivity index (χ2v) is 4.25. The zero-order chi connectivity index (χ0) is 9.24. The molecule has 0 N–H and O–H groups in total. The highest BCUT2D eigenvalue weighted by molar-refractivity contribution is 5.35. The minimum Gasteiger partial charge on any atom is -0.211 e. The molecule has 2 heteroatoms. The summed E-state index contributed by atoms with van der Waals surface area (Å²) < 4.78 is 0. The van der Waals surface area contributed by atoms with Gasteiger partial charge in [0.1, 0.15) is 0 Å². The van der Waals surface area contributed by atoms with E-state index < -0.39 is 0 Å². The topological polar surface area (TPSA) is 29.4 Å². The smallest absolute Gasteiger partial charge is 0.211 e. The van der Waals surface area contributed by atoms with Crippen LogP contribution in [0.25, 0.3) is 0 Å². The Morgan fingerprint density at radius 2 is 2.08 bits per heavy atom. The van der Waals surface area contributed by atoms with Crippen LogP contribution in [0.3, 0.4) is 0 Å². The van der Waals surface area contributed by atoms with E-state index in [1.165, 1.54) is 19.3 Å². The van der Waals surface area contributed by atoms with Gasteiger partial charge in [-0.3, -0.25) is 0 Å². The van der Waals surface area contributed by atoms with E-state index in [-0.39, 0.29) is 11.0 Å². The van der Waals surface area contributed by atoms with Crippen LogP contribution in [0, 0.1) is 5.41 Å². The molecule has 1 fully saturated rings. The summed E-state index contributed by atoms with van der Waals surface area (Å²) in [6.45, 7) is 6.27. The molecule has 0 aliphatic heterocycles. The van der Waals surface area contributed by atoms with E-state index in [2.05, 4.69) is 11.9 Å². The lowest BCUT2D eigenvalue weighted by molar-refractivity contribution is 0.0415. The van der Waals surface area contributed by atoms with Crippen molar-refractivity contribution in [2.75, 3.05) is 0 Å². The van der Waals surface area contributed by atoms with Gasteiger partial charge >= 0.3 is 0 Å². The van der Waals surface area contributed by atoms with Crippen LogP contribution in [0.15, 0.2) is 4.99 Å². The Morgan fingerprint density at radius 3 is 2.33 bits per heavy atom. The van der Waals surface area contributed by atoms with Crippen molar-refractivity contribution in [3.63, 3.8) is 0 Å². The van der Waals surface area contributed by atoms with Crippen molar-refractivity contribution < 1.29 is 4.79 Å². The molecule has 0 amide bonds. The molecule has 0 spiro atoms. The van der Waals surface area contributed by atoms with Crippen LogP contribution >= 0.6 is 0 Å². The monoisotopic (exact) mass is 167 g/mol. The molecule has 0 unspecified atom stereocenters. The largest absolute Gasteiger partial charge is 0.235 e. The Balaban J connectivity index is 2.83. The second kappa shape index (κ2) is 3.02. The Bertz CT molecular complexity index is 204. The van der Waals surface area contributed by atoms with E-state index in [4.69, 9.17) is 0 Å². The predicted octanol–water partition coefficient (Wildman–Crippen LogP) is 2.68. The third-order valence-electron chi connectivity index (χ3n) is 3.61. The Labute approximate surface area is 74.1 Å². The van der Waals surface area contributed by atoms with E-state index in [1.54, 1.807) is 6.08 Å². The fourth-order valence-corrected chi connectivity index (χ4v) is 2.23. The van der Waals surface area contributed by atoms with Crippen molar-refractivity contribution in [1.82, 2.24) is 0 Å². The highest BCUT2D eigenvalue weighted by Crippen LogP contribution is 2.53. The van der Waals surface area contributed by atoms with E-state index >= 15 is 0 Å². The summed E-state index contributed by atoms with van der Waals surface area (Å²) in [6.07, 6.45) is 6.51. The maximum Gasteiger partial charge on any atom is 0.235 e. The lowest BCUT2D eigenvalue weighted by atomic mass is 9.57. The van der Waals surface area contributed by atoms with Crippen molar-refractivity contribution in [2.45, 2.75) is 52.0 Å². The molecule has 68 valence electrons. The molecular formula is C10H17NO. The molecule has 12 heavy (non-hydrogen) atoms. The standard InChI is InChI=1S/C10H17NO/c1-4-10(6-5-7-10)9(2,3)11-8-12/h4-7H2,1-3H3. The van der Waals surface area contributed by atoms with Crippen molar-refractivity contribution in [2.24, 2.45) is 10.4 Å². The highest BCUT2D eigenvalue weighted by Gasteiger charge is 2.48. The molecule has 1 rings (SSSR count). The minimum atomic E-state index is -0.207. The van der Waals surface area contributed by atoms with Gasteiger partial charge in [0.2, 0.25) is 6.08 Å². The van der Waals surface area contributed by atoms with E-state index in [9.17, 15) is 4.79 Å². The van der Waals surface area contributed by atoms with Crippen molar-refractivity contribution in [3.05, 3.63) is 0 Å². The van der Waals surface area contributed by atoms with E-state index in [1.807, 2.05) is 13.8 Å². The molecule has 0 saturated heterocycles. The number of rotatable bonds is 3. The Hall–Kier alpha value is -0.620. The first-order chi connectivity index (χ1) is 5.58.